The van der Waals surface area contributed by atoms with E-state index in [1.807, 2.05) is 12.1 Å². The largest absolute Gasteiger partial charge is 0.493 e. The molecular formula is C18H24N2O2. The van der Waals surface area contributed by atoms with Gasteiger partial charge in [-0.3, -0.25) is 4.79 Å². The van der Waals surface area contributed by atoms with Crippen LogP contribution in [-0.4, -0.2) is 37.0 Å². The van der Waals surface area contributed by atoms with E-state index in [-0.39, 0.29) is 11.3 Å². The quantitative estimate of drug-likeness (QED) is 0.908. The summed E-state index contributed by atoms with van der Waals surface area (Å²) >= 11 is 0. The van der Waals surface area contributed by atoms with Crippen molar-refractivity contribution in [3.63, 3.8) is 0 Å². The number of hydrogen-bond donors (Lipinski definition) is 1. The van der Waals surface area contributed by atoms with Crippen molar-refractivity contribution >= 4 is 5.91 Å². The third-order valence-corrected chi connectivity index (χ3v) is 5.77. The number of para-hydroxylation sites is 1. The number of nitrogens with zero attached hydrogens (tertiary/aromatic N) is 1. The normalized spacial score (nSPS) is 33.2. The van der Waals surface area contributed by atoms with Crippen LogP contribution in [0.3, 0.4) is 0 Å². The lowest BCUT2D eigenvalue weighted by Crippen LogP contribution is -2.43. The van der Waals surface area contributed by atoms with Crippen LogP contribution in [0.5, 0.6) is 5.75 Å². The van der Waals surface area contributed by atoms with Gasteiger partial charge in [0.2, 0.25) is 5.91 Å². The lowest BCUT2D eigenvalue weighted by atomic mass is 9.87. The number of nitrogens with two attached hydrogens (primary N) is 1. The van der Waals surface area contributed by atoms with Crippen molar-refractivity contribution in [2.75, 3.05) is 26.2 Å². The summed E-state index contributed by atoms with van der Waals surface area (Å²) in [6.07, 6.45) is 4.20. The van der Waals surface area contributed by atoms with Crippen molar-refractivity contribution < 1.29 is 9.53 Å². The number of hydrogen-bond acceptors (Lipinski definition) is 3. The summed E-state index contributed by atoms with van der Waals surface area (Å²) in [6, 6.07) is 8.23. The molecule has 1 saturated heterocycles. The van der Waals surface area contributed by atoms with Gasteiger partial charge in [0.15, 0.2) is 0 Å². The minimum absolute atomic E-state index is 0.0432. The van der Waals surface area contributed by atoms with Gasteiger partial charge in [0, 0.05) is 30.0 Å². The van der Waals surface area contributed by atoms with Crippen LogP contribution in [0.15, 0.2) is 24.3 Å². The van der Waals surface area contributed by atoms with Gasteiger partial charge in [0.25, 0.3) is 0 Å². The molecule has 0 aromatic heterocycles. The predicted molar refractivity (Wildman–Crippen MR) is 84.7 cm³/mol. The number of ether oxygens (including phenoxy) is 1. The molecule has 0 radical (unpaired) electrons. The third kappa shape index (κ3) is 2.12. The van der Waals surface area contributed by atoms with Crippen LogP contribution in [0.4, 0.5) is 0 Å². The van der Waals surface area contributed by atoms with Gasteiger partial charge in [0.1, 0.15) is 5.75 Å². The second kappa shape index (κ2) is 5.27. The molecule has 1 aliphatic carbocycles. The summed E-state index contributed by atoms with van der Waals surface area (Å²) in [7, 11) is 0. The van der Waals surface area contributed by atoms with E-state index in [0.717, 1.165) is 51.1 Å². The molecule has 3 aliphatic rings. The monoisotopic (exact) mass is 300 g/mol. The molecule has 0 unspecified atom stereocenters. The first-order valence-electron chi connectivity index (χ1n) is 8.46. The summed E-state index contributed by atoms with van der Waals surface area (Å²) < 4.78 is 5.77. The van der Waals surface area contributed by atoms with Crippen LogP contribution in [0.25, 0.3) is 0 Å². The molecule has 3 atom stereocenters. The summed E-state index contributed by atoms with van der Waals surface area (Å²) in [5.41, 5.74) is 7.09. The van der Waals surface area contributed by atoms with E-state index >= 15 is 0 Å². The van der Waals surface area contributed by atoms with Gasteiger partial charge in [0.05, 0.1) is 6.61 Å². The maximum absolute atomic E-state index is 12.9. The van der Waals surface area contributed by atoms with Gasteiger partial charge < -0.3 is 15.4 Å². The first-order valence-corrected chi connectivity index (χ1v) is 8.46. The number of carbonyl (C=O) groups is 1. The molecule has 1 aromatic carbocycles. The Morgan fingerprint density at radius 3 is 3.14 bits per heavy atom. The second-order valence-electron chi connectivity index (χ2n) is 7.04. The predicted octanol–water partition coefficient (Wildman–Crippen LogP) is 1.92. The highest BCUT2D eigenvalue weighted by molar-refractivity contribution is 5.85. The van der Waals surface area contributed by atoms with Gasteiger partial charge in [-0.25, -0.2) is 0 Å². The summed E-state index contributed by atoms with van der Waals surface area (Å²) in [5.74, 6) is 1.95. The molecular weight excluding hydrogens is 276 g/mol. The Bertz CT molecular complexity index is 588. The summed E-state index contributed by atoms with van der Waals surface area (Å²) in [4.78, 5) is 15.0. The topological polar surface area (TPSA) is 55.6 Å². The zero-order chi connectivity index (χ0) is 15.2. The van der Waals surface area contributed by atoms with Crippen LogP contribution in [0.2, 0.25) is 0 Å². The standard InChI is InChI=1S/C18H24N2O2/c19-11-13-4-3-8-20(12-13)17(21)15-10-18(15)7-9-22-16-6-2-1-5-14(16)18/h1-2,5-6,13,15H,3-4,7-12,19H2/t13-,15-,18-/m0/s1. The molecule has 1 spiro atoms. The van der Waals surface area contributed by atoms with Crippen molar-refractivity contribution in [1.29, 1.82) is 0 Å². The van der Waals surface area contributed by atoms with Gasteiger partial charge in [-0.2, -0.15) is 0 Å². The van der Waals surface area contributed by atoms with E-state index < -0.39 is 0 Å². The average Bonchev–Trinajstić information content (AvgIpc) is 3.29. The highest BCUT2D eigenvalue weighted by Gasteiger charge is 2.61. The van der Waals surface area contributed by atoms with Crippen molar-refractivity contribution in [1.82, 2.24) is 4.90 Å². The molecule has 1 saturated carbocycles. The molecule has 1 amide bonds. The number of amides is 1. The fourth-order valence-electron chi connectivity index (χ4n) is 4.36. The number of piperidine rings is 1. The Kier molecular flexibility index (Phi) is 3.37. The number of carbonyl (C=O) groups excluding carboxylic acids is 1. The van der Waals surface area contributed by atoms with Crippen molar-refractivity contribution in [3.8, 4) is 5.75 Å². The Balaban J connectivity index is 1.53. The lowest BCUT2D eigenvalue weighted by Gasteiger charge is -2.33. The molecule has 118 valence electrons. The van der Waals surface area contributed by atoms with Crippen LogP contribution in [0, 0.1) is 11.8 Å². The van der Waals surface area contributed by atoms with Crippen LogP contribution >= 0.6 is 0 Å². The SMILES string of the molecule is NC[C@@H]1CCCN(C(=O)[C@@H]2C[C@]23CCOc2ccccc23)C1. The lowest BCUT2D eigenvalue weighted by molar-refractivity contribution is -0.134. The van der Waals surface area contributed by atoms with Gasteiger partial charge >= 0.3 is 0 Å². The molecule has 4 nitrogen and oxygen atoms in total. The van der Waals surface area contributed by atoms with Gasteiger partial charge in [-0.1, -0.05) is 18.2 Å². The van der Waals surface area contributed by atoms with Crippen molar-refractivity contribution in [3.05, 3.63) is 29.8 Å². The highest BCUT2D eigenvalue weighted by Crippen LogP contribution is 2.61. The number of likely N-dealkylation sites (tertiary alicyclic amines) is 1. The molecule has 1 aromatic rings. The van der Waals surface area contributed by atoms with E-state index in [0.29, 0.717) is 18.4 Å². The Hall–Kier alpha value is -1.55. The molecule has 4 heteroatoms. The number of rotatable bonds is 2. The third-order valence-electron chi connectivity index (χ3n) is 5.77. The average molecular weight is 300 g/mol. The second-order valence-corrected chi connectivity index (χ2v) is 7.04. The first kappa shape index (κ1) is 14.1. The fourth-order valence-corrected chi connectivity index (χ4v) is 4.36. The summed E-state index contributed by atoms with van der Waals surface area (Å²) in [5, 5.41) is 0. The van der Waals surface area contributed by atoms with Crippen molar-refractivity contribution in [2.45, 2.75) is 31.1 Å². The smallest absolute Gasteiger partial charge is 0.226 e. The zero-order valence-corrected chi connectivity index (χ0v) is 13.0. The van der Waals surface area contributed by atoms with Crippen LogP contribution < -0.4 is 10.5 Å². The molecule has 2 aliphatic heterocycles. The first-order chi connectivity index (χ1) is 10.7. The molecule has 4 rings (SSSR count). The van der Waals surface area contributed by atoms with Gasteiger partial charge in [-0.05, 0) is 44.2 Å². The Morgan fingerprint density at radius 2 is 2.27 bits per heavy atom. The minimum Gasteiger partial charge on any atom is -0.493 e. The van der Waals surface area contributed by atoms with E-state index in [1.165, 1.54) is 5.56 Å². The maximum Gasteiger partial charge on any atom is 0.226 e. The number of benzene rings is 1. The molecule has 22 heavy (non-hydrogen) atoms. The summed E-state index contributed by atoms with van der Waals surface area (Å²) in [6.45, 7) is 3.17. The Morgan fingerprint density at radius 1 is 1.41 bits per heavy atom. The van der Waals surface area contributed by atoms with Gasteiger partial charge in [-0.15, -0.1) is 0 Å². The van der Waals surface area contributed by atoms with E-state index in [2.05, 4.69) is 17.0 Å². The number of fused-ring (bicyclic) bond motifs is 2. The zero-order valence-electron chi connectivity index (χ0n) is 13.0. The van der Waals surface area contributed by atoms with Crippen LogP contribution in [0.1, 0.15) is 31.2 Å². The molecule has 0 bridgehead atoms. The van der Waals surface area contributed by atoms with Crippen LogP contribution in [-0.2, 0) is 10.2 Å². The van der Waals surface area contributed by atoms with E-state index in [4.69, 9.17) is 10.5 Å². The molecule has 2 fully saturated rings. The molecule has 2 heterocycles. The Labute approximate surface area is 131 Å². The van der Waals surface area contributed by atoms with Crippen molar-refractivity contribution in [2.24, 2.45) is 17.6 Å². The fraction of sp³-hybridized carbons (Fsp3) is 0.611. The highest BCUT2D eigenvalue weighted by atomic mass is 16.5. The van der Waals surface area contributed by atoms with E-state index in [1.54, 1.807) is 0 Å². The maximum atomic E-state index is 12.9. The van der Waals surface area contributed by atoms with E-state index in [9.17, 15) is 4.79 Å². The molecule has 2 N–H and O–H groups in total. The minimum atomic E-state index is 0.0432.